The van der Waals surface area contributed by atoms with Crippen LogP contribution in [0.5, 0.6) is 0 Å². The van der Waals surface area contributed by atoms with Gasteiger partial charge in [0.2, 0.25) is 0 Å². The molecule has 26 heavy (non-hydrogen) atoms. The van der Waals surface area contributed by atoms with E-state index in [1.165, 1.54) is 22.3 Å². The highest BCUT2D eigenvalue weighted by molar-refractivity contribution is 7.98. The van der Waals surface area contributed by atoms with Gasteiger partial charge < -0.3 is 4.74 Å². The summed E-state index contributed by atoms with van der Waals surface area (Å²) in [5.74, 6) is 3.71. The number of benzene rings is 2. The van der Waals surface area contributed by atoms with E-state index in [2.05, 4.69) is 62.4 Å². The van der Waals surface area contributed by atoms with Crippen molar-refractivity contribution in [3.63, 3.8) is 0 Å². The number of esters is 1. The third-order valence-electron chi connectivity index (χ3n) is 4.57. The Bertz CT molecular complexity index is 710. The van der Waals surface area contributed by atoms with E-state index in [1.807, 2.05) is 23.5 Å². The van der Waals surface area contributed by atoms with E-state index < -0.39 is 0 Å². The van der Waals surface area contributed by atoms with Crippen LogP contribution in [0.1, 0.15) is 28.7 Å². The van der Waals surface area contributed by atoms with Crippen LogP contribution in [0.3, 0.4) is 0 Å². The number of rotatable bonds is 8. The van der Waals surface area contributed by atoms with E-state index in [4.69, 9.17) is 4.74 Å². The highest BCUT2D eigenvalue weighted by atomic mass is 32.2. The zero-order chi connectivity index (χ0) is 18.4. The van der Waals surface area contributed by atoms with Crippen LogP contribution in [0.25, 0.3) is 0 Å². The maximum atomic E-state index is 12.1. The molecule has 1 aliphatic heterocycles. The molecule has 2 aromatic carbocycles. The normalized spacial score (nSPS) is 19.5. The first-order chi connectivity index (χ1) is 12.6. The Kier molecular flexibility index (Phi) is 7.09. The van der Waals surface area contributed by atoms with Crippen LogP contribution in [0.4, 0.5) is 0 Å². The molecule has 0 saturated carbocycles. The first-order valence-electron chi connectivity index (χ1n) is 9.07. The van der Waals surface area contributed by atoms with Gasteiger partial charge in [-0.05, 0) is 31.4 Å². The minimum atomic E-state index is -0.0117. The van der Waals surface area contributed by atoms with Crippen LogP contribution in [0.15, 0.2) is 48.5 Å². The van der Waals surface area contributed by atoms with Crippen LogP contribution in [0.2, 0.25) is 0 Å². The molecule has 2 nitrogen and oxygen atoms in total. The average Bonchev–Trinajstić information content (AvgIpc) is 2.98. The molecule has 0 spiro atoms. The maximum absolute atomic E-state index is 12.1. The lowest BCUT2D eigenvalue weighted by atomic mass is 10.1. The molecule has 2 atom stereocenters. The van der Waals surface area contributed by atoms with Gasteiger partial charge in [-0.25, -0.2) is 0 Å². The van der Waals surface area contributed by atoms with Gasteiger partial charge in [0.1, 0.15) is 6.10 Å². The fourth-order valence-corrected chi connectivity index (χ4v) is 5.07. The number of hydrogen-bond donors (Lipinski definition) is 0. The molecule has 0 radical (unpaired) electrons. The Morgan fingerprint density at radius 2 is 1.35 bits per heavy atom. The molecule has 1 saturated heterocycles. The summed E-state index contributed by atoms with van der Waals surface area (Å²) in [6.45, 7) is 4.20. The van der Waals surface area contributed by atoms with Gasteiger partial charge in [-0.15, -0.1) is 0 Å². The quantitative estimate of drug-likeness (QED) is 0.567. The van der Waals surface area contributed by atoms with Crippen LogP contribution < -0.4 is 0 Å². The number of thioether (sulfide) groups is 2. The molecule has 3 rings (SSSR count). The van der Waals surface area contributed by atoms with Gasteiger partial charge >= 0.3 is 5.97 Å². The number of carbonyl (C=O) groups excluding carboxylic acids is 1. The van der Waals surface area contributed by atoms with Crippen molar-refractivity contribution in [2.75, 3.05) is 11.5 Å². The summed E-state index contributed by atoms with van der Waals surface area (Å²) in [5, 5.41) is 0. The summed E-state index contributed by atoms with van der Waals surface area (Å²) in [7, 11) is 0. The number of cyclic esters (lactones) is 1. The molecule has 1 heterocycles. The van der Waals surface area contributed by atoms with Crippen molar-refractivity contribution in [3.05, 3.63) is 70.8 Å². The first kappa shape index (κ1) is 19.4. The highest BCUT2D eigenvalue weighted by Gasteiger charge is 2.33. The summed E-state index contributed by atoms with van der Waals surface area (Å²) >= 11 is 3.68. The summed E-state index contributed by atoms with van der Waals surface area (Å²) in [5.41, 5.74) is 5.21. The first-order valence-corrected chi connectivity index (χ1v) is 11.4. The van der Waals surface area contributed by atoms with E-state index in [-0.39, 0.29) is 18.0 Å². The summed E-state index contributed by atoms with van der Waals surface area (Å²) in [6.07, 6.45) is 0.934. The fraction of sp³-hybridized carbons (Fsp3) is 0.409. The molecular formula is C22H26O2S2. The Morgan fingerprint density at radius 3 is 1.88 bits per heavy atom. The largest absolute Gasteiger partial charge is 0.461 e. The standard InChI is InChI=1S/C22H26O2S2/c1-16-3-7-18(8-4-16)12-25-14-20-11-21(24-22(20)23)15-26-13-19-9-5-17(2)6-10-19/h3-10,20-21H,11-15H2,1-2H3. The van der Waals surface area contributed by atoms with Crippen molar-refractivity contribution < 1.29 is 9.53 Å². The zero-order valence-corrected chi connectivity index (χ0v) is 17.1. The number of ether oxygens (including phenoxy) is 1. The van der Waals surface area contributed by atoms with Gasteiger partial charge in [-0.1, -0.05) is 59.7 Å². The van der Waals surface area contributed by atoms with Crippen LogP contribution >= 0.6 is 23.5 Å². The molecule has 138 valence electrons. The molecule has 1 aliphatic rings. The Morgan fingerprint density at radius 1 is 0.846 bits per heavy atom. The maximum Gasteiger partial charge on any atom is 0.310 e. The van der Waals surface area contributed by atoms with Crippen molar-refractivity contribution in [3.8, 4) is 0 Å². The van der Waals surface area contributed by atoms with E-state index in [0.29, 0.717) is 0 Å². The molecular weight excluding hydrogens is 360 g/mol. The predicted octanol–water partition coefficient (Wildman–Crippen LogP) is 5.40. The second kappa shape index (κ2) is 9.52. The second-order valence-corrected chi connectivity index (χ2v) is 9.05. The Balaban J connectivity index is 1.36. The van der Waals surface area contributed by atoms with Gasteiger partial charge in [0.25, 0.3) is 0 Å². The van der Waals surface area contributed by atoms with E-state index >= 15 is 0 Å². The van der Waals surface area contributed by atoms with Gasteiger partial charge in [0.15, 0.2) is 0 Å². The monoisotopic (exact) mass is 386 g/mol. The highest BCUT2D eigenvalue weighted by Crippen LogP contribution is 2.29. The fourth-order valence-electron chi connectivity index (χ4n) is 2.96. The number of hydrogen-bond acceptors (Lipinski definition) is 4. The zero-order valence-electron chi connectivity index (χ0n) is 15.4. The van der Waals surface area contributed by atoms with Crippen LogP contribution in [-0.4, -0.2) is 23.6 Å². The third kappa shape index (κ3) is 5.82. The van der Waals surface area contributed by atoms with Gasteiger partial charge in [-0.2, -0.15) is 23.5 Å². The van der Waals surface area contributed by atoms with Crippen molar-refractivity contribution >= 4 is 29.5 Å². The summed E-state index contributed by atoms with van der Waals surface area (Å²) in [6, 6.07) is 17.3. The van der Waals surface area contributed by atoms with Gasteiger partial charge in [0.05, 0.1) is 5.92 Å². The van der Waals surface area contributed by atoms with Crippen molar-refractivity contribution in [2.24, 2.45) is 5.92 Å². The van der Waals surface area contributed by atoms with Crippen molar-refractivity contribution in [1.29, 1.82) is 0 Å². The molecule has 0 aliphatic carbocycles. The molecule has 0 bridgehead atoms. The average molecular weight is 387 g/mol. The molecule has 4 heteroatoms. The summed E-state index contributed by atoms with van der Waals surface area (Å²) in [4.78, 5) is 12.1. The van der Waals surface area contributed by atoms with Crippen LogP contribution in [0, 0.1) is 19.8 Å². The van der Waals surface area contributed by atoms with E-state index in [0.717, 1.165) is 29.4 Å². The minimum absolute atomic E-state index is 0.0117. The van der Waals surface area contributed by atoms with E-state index in [9.17, 15) is 4.79 Å². The lowest BCUT2D eigenvalue weighted by Gasteiger charge is -2.08. The Hall–Kier alpha value is -1.39. The molecule has 0 amide bonds. The molecule has 2 aromatic rings. The number of aryl methyl sites for hydroxylation is 2. The van der Waals surface area contributed by atoms with Gasteiger partial charge in [0, 0.05) is 23.0 Å². The molecule has 1 fully saturated rings. The SMILES string of the molecule is Cc1ccc(CSCC2CC(CSCc3ccc(C)cc3)C(=O)O2)cc1. The van der Waals surface area contributed by atoms with Crippen molar-refractivity contribution in [2.45, 2.75) is 37.9 Å². The van der Waals surface area contributed by atoms with E-state index in [1.54, 1.807) is 0 Å². The van der Waals surface area contributed by atoms with Gasteiger partial charge in [-0.3, -0.25) is 4.79 Å². The summed E-state index contributed by atoms with van der Waals surface area (Å²) < 4.78 is 5.58. The number of carbonyl (C=O) groups is 1. The topological polar surface area (TPSA) is 26.3 Å². The minimum Gasteiger partial charge on any atom is -0.461 e. The smallest absolute Gasteiger partial charge is 0.310 e. The predicted molar refractivity (Wildman–Crippen MR) is 113 cm³/mol. The lowest BCUT2D eigenvalue weighted by Crippen LogP contribution is -2.10. The molecule has 2 unspecified atom stereocenters. The van der Waals surface area contributed by atoms with Crippen LogP contribution in [-0.2, 0) is 21.0 Å². The molecule has 0 N–H and O–H groups in total. The second-order valence-electron chi connectivity index (χ2n) is 6.99. The Labute approximate surface area is 165 Å². The molecule has 0 aromatic heterocycles. The lowest BCUT2D eigenvalue weighted by molar-refractivity contribution is -0.143. The van der Waals surface area contributed by atoms with Crippen molar-refractivity contribution in [1.82, 2.24) is 0 Å². The third-order valence-corrected chi connectivity index (χ3v) is 6.89.